The first-order valence-electron chi connectivity index (χ1n) is 26.0. The Balaban J connectivity index is 0.000000179. The van der Waals surface area contributed by atoms with Crippen LogP contribution in [0.5, 0.6) is 0 Å². The molecule has 0 unspecified atom stereocenters. The maximum Gasteiger partial charge on any atom is 0.120 e. The zero-order valence-electron chi connectivity index (χ0n) is 45.1. The molecule has 5 aromatic heterocycles. The molecule has 67 heavy (non-hydrogen) atoms. The normalized spacial score (nSPS) is 17.3. The third-order valence-electron chi connectivity index (χ3n) is 13.1. The Kier molecular flexibility index (Phi) is 9.55. The number of benzene rings is 6. The van der Waals surface area contributed by atoms with Gasteiger partial charge in [-0.2, -0.15) is 0 Å². The van der Waals surface area contributed by atoms with E-state index in [4.69, 9.17) is 16.3 Å². The van der Waals surface area contributed by atoms with Crippen molar-refractivity contribution in [2.75, 3.05) is 0 Å². The molecule has 6 aromatic carbocycles. The summed E-state index contributed by atoms with van der Waals surface area (Å²) in [5.74, 6) is -0.605. The largest absolute Gasteiger partial charge is 0.501 e. The van der Waals surface area contributed by atoms with Gasteiger partial charge >= 0.3 is 0 Å². The molecule has 1 fully saturated rings. The van der Waals surface area contributed by atoms with Gasteiger partial charge in [0, 0.05) is 73.2 Å². The summed E-state index contributed by atoms with van der Waals surface area (Å²) in [6.07, 6.45) is 4.93. The molecular weight excluding hydrogens is 995 g/mol. The van der Waals surface area contributed by atoms with Crippen molar-refractivity contribution in [3.8, 4) is 33.6 Å². The van der Waals surface area contributed by atoms with Crippen molar-refractivity contribution >= 4 is 60.0 Å². The number of furan rings is 1. The van der Waals surface area contributed by atoms with Crippen LogP contribution in [0.2, 0.25) is 0 Å². The topological polar surface area (TPSA) is 43.3 Å². The van der Waals surface area contributed by atoms with Crippen LogP contribution in [0.4, 0.5) is 0 Å². The second-order valence-corrected chi connectivity index (χ2v) is 20.9. The van der Waals surface area contributed by atoms with Crippen LogP contribution in [0.1, 0.15) is 98.5 Å². The molecule has 5 heteroatoms. The summed E-state index contributed by atoms with van der Waals surface area (Å²) < 4.78 is 58.8. The number of fused-ring (bicyclic) bond motifs is 9. The van der Waals surface area contributed by atoms with Gasteiger partial charge in [0.25, 0.3) is 0 Å². The minimum absolute atomic E-state index is 0. The van der Waals surface area contributed by atoms with Crippen molar-refractivity contribution in [1.29, 1.82) is 0 Å². The molecule has 12 rings (SSSR count). The van der Waals surface area contributed by atoms with E-state index in [2.05, 4.69) is 104 Å². The molecule has 11 aromatic rings. The predicted molar refractivity (Wildman–Crippen MR) is 276 cm³/mol. The van der Waals surface area contributed by atoms with E-state index < -0.39 is 24.5 Å². The number of rotatable bonds is 5. The first kappa shape index (κ1) is 37.9. The van der Waals surface area contributed by atoms with Crippen molar-refractivity contribution in [2.45, 2.75) is 86.8 Å². The Hall–Kier alpha value is -6.13. The molecule has 1 aliphatic carbocycles. The van der Waals surface area contributed by atoms with Crippen LogP contribution < -0.4 is 0 Å². The first-order chi connectivity index (χ1) is 34.0. The molecule has 0 aliphatic heterocycles. The fourth-order valence-electron chi connectivity index (χ4n) is 11.0. The second-order valence-electron chi connectivity index (χ2n) is 20.9. The van der Waals surface area contributed by atoms with E-state index in [9.17, 15) is 1.37 Å². The second kappa shape index (κ2) is 16.9. The predicted octanol–water partition coefficient (Wildman–Crippen LogP) is 17.0. The van der Waals surface area contributed by atoms with E-state index in [-0.39, 0.29) is 36.5 Å². The van der Waals surface area contributed by atoms with Crippen LogP contribution >= 0.6 is 0 Å². The SMILES string of the molecule is [2H]C([2H])([2H])c1c[c-]c(-c2ccc(C([2H])([2H])C(C)(C)C)cn2)cc1-c1ccccc1.[2H]C1(c2ccc3c(c2)c2cccc4c5cnc(-c6[c-]ccc7c6oc6ccccc67)cc5n3c24)CC(C)(C)CC(C)(C)C1.[Ir]. The number of aromatic nitrogens is 3. The Morgan fingerprint density at radius 1 is 0.731 bits per heavy atom. The first-order valence-corrected chi connectivity index (χ1v) is 23.0. The van der Waals surface area contributed by atoms with Crippen LogP contribution in [0.15, 0.2) is 150 Å². The van der Waals surface area contributed by atoms with Crippen LogP contribution in [0.25, 0.3) is 93.7 Å². The molecule has 0 bridgehead atoms. The summed E-state index contributed by atoms with van der Waals surface area (Å²) in [7, 11) is 0. The molecule has 337 valence electrons. The zero-order valence-corrected chi connectivity index (χ0v) is 41.5. The van der Waals surface area contributed by atoms with Crippen molar-refractivity contribution in [3.63, 3.8) is 0 Å². The molecule has 0 amide bonds. The molecule has 0 atom stereocenters. The van der Waals surface area contributed by atoms with Gasteiger partial charge in [-0.15, -0.1) is 47.5 Å². The number of nitrogens with zero attached hydrogens (tertiary/aromatic N) is 3. The van der Waals surface area contributed by atoms with Crippen molar-refractivity contribution in [2.24, 2.45) is 16.2 Å². The van der Waals surface area contributed by atoms with Gasteiger partial charge in [-0.25, -0.2) is 0 Å². The molecule has 5 heterocycles. The fraction of sp³-hybridized carbons (Fsp3) is 0.258. The van der Waals surface area contributed by atoms with Gasteiger partial charge in [0.15, 0.2) is 0 Å². The minimum atomic E-state index is -2.25. The van der Waals surface area contributed by atoms with Gasteiger partial charge in [-0.3, -0.25) is 0 Å². The Morgan fingerprint density at radius 3 is 2.21 bits per heavy atom. The minimum Gasteiger partial charge on any atom is -0.501 e. The summed E-state index contributed by atoms with van der Waals surface area (Å²) in [5, 5.41) is 6.98. The fourth-order valence-corrected chi connectivity index (χ4v) is 11.0. The van der Waals surface area contributed by atoms with Gasteiger partial charge in [-0.05, 0) is 94.1 Å². The Morgan fingerprint density at radius 2 is 1.46 bits per heavy atom. The summed E-state index contributed by atoms with van der Waals surface area (Å²) in [5.41, 5.74) is 11.2. The molecule has 1 radical (unpaired) electrons. The van der Waals surface area contributed by atoms with Crippen LogP contribution in [-0.2, 0) is 26.5 Å². The van der Waals surface area contributed by atoms with Gasteiger partial charge in [0.2, 0.25) is 0 Å². The number of hydrogen-bond donors (Lipinski definition) is 0. The van der Waals surface area contributed by atoms with E-state index in [1.165, 1.54) is 33.3 Å². The average molecular weight is 1060 g/mol. The van der Waals surface area contributed by atoms with Crippen LogP contribution in [0.3, 0.4) is 0 Å². The number of para-hydroxylation sites is 2. The van der Waals surface area contributed by atoms with E-state index in [1.807, 2.05) is 81.6 Å². The summed E-state index contributed by atoms with van der Waals surface area (Å²) in [6.45, 7) is 12.6. The zero-order chi connectivity index (χ0) is 50.8. The number of pyridine rings is 2. The van der Waals surface area contributed by atoms with Gasteiger partial charge < -0.3 is 18.8 Å². The third-order valence-corrected chi connectivity index (χ3v) is 13.1. The average Bonchev–Trinajstić information content (AvgIpc) is 3.99. The maximum atomic E-state index is 9.74. The van der Waals surface area contributed by atoms with E-state index in [1.54, 1.807) is 24.4 Å². The smallest absolute Gasteiger partial charge is 0.120 e. The quantitative estimate of drug-likeness (QED) is 0.161. The molecule has 0 spiro atoms. The van der Waals surface area contributed by atoms with Gasteiger partial charge in [-0.1, -0.05) is 163 Å². The maximum absolute atomic E-state index is 9.74. The van der Waals surface area contributed by atoms with Crippen molar-refractivity contribution in [3.05, 3.63) is 175 Å². The molecule has 0 saturated heterocycles. The molecule has 4 nitrogen and oxygen atoms in total. The summed E-state index contributed by atoms with van der Waals surface area (Å²) in [6, 6.07) is 50.4. The van der Waals surface area contributed by atoms with Crippen LogP contribution in [-0.4, -0.2) is 14.4 Å². The van der Waals surface area contributed by atoms with Crippen molar-refractivity contribution < 1.29 is 32.7 Å². The molecule has 1 saturated carbocycles. The van der Waals surface area contributed by atoms with E-state index >= 15 is 0 Å². The third kappa shape index (κ3) is 8.36. The van der Waals surface area contributed by atoms with Gasteiger partial charge in [0.1, 0.15) is 5.58 Å². The summed E-state index contributed by atoms with van der Waals surface area (Å²) >= 11 is 0. The van der Waals surface area contributed by atoms with Crippen LogP contribution in [0, 0.1) is 35.2 Å². The Bertz CT molecular complexity index is 3850. The number of aryl methyl sites for hydroxylation is 1. The Labute approximate surface area is 416 Å². The molecule has 1 aliphatic rings. The standard InChI is InChI=1S/C39H33N2O.C23H24N.Ir/c1-38(2)19-24(20-39(3,4)22-38)23-15-16-33-30(17-23)26-10-7-11-27-31-21-40-32(18-34(31)41(33)36(26)27)29-13-8-12-28-25-9-5-6-14-35(25)42-37(28)29;1-17-10-12-20(14-21(17)19-8-6-5-7-9-19)22-13-11-18(16-24-22)15-23(2,3)4;/h5-12,14-18,21,24H,19-20,22H2,1-4H3;5-11,13-14,16H,15H2,1-4H3;/q2*-1;/i24D;1D3,15D2;. The number of hydrogen-bond acceptors (Lipinski definition) is 3. The van der Waals surface area contributed by atoms with Gasteiger partial charge in [0.05, 0.1) is 16.6 Å². The summed E-state index contributed by atoms with van der Waals surface area (Å²) in [4.78, 5) is 9.40. The molecule has 0 N–H and O–H groups in total. The molecular formula is C62H57IrN3O-2. The van der Waals surface area contributed by atoms with Crippen molar-refractivity contribution in [1.82, 2.24) is 14.4 Å². The van der Waals surface area contributed by atoms with E-state index in [0.717, 1.165) is 74.5 Å². The van der Waals surface area contributed by atoms with E-state index in [0.29, 0.717) is 22.4 Å². The monoisotopic (exact) mass is 1060 g/mol.